The molecule has 1 amide bonds. The van der Waals surface area contributed by atoms with E-state index in [4.69, 9.17) is 4.42 Å². The topological polar surface area (TPSA) is 64.2 Å². The Hall–Kier alpha value is -1.76. The van der Waals surface area contributed by atoms with Gasteiger partial charge in [-0.15, -0.1) is 10.2 Å². The first-order chi connectivity index (χ1) is 10.4. The van der Waals surface area contributed by atoms with E-state index in [1.807, 2.05) is 23.6 Å². The molecule has 0 radical (unpaired) electrons. The zero-order valence-electron chi connectivity index (χ0n) is 13.6. The fourth-order valence-electron chi connectivity index (χ4n) is 2.09. The average Bonchev–Trinajstić information content (AvgIpc) is 3.09. The number of aromatic nitrogens is 3. The Bertz CT molecular complexity index is 620. The Balaban J connectivity index is 2.25. The van der Waals surface area contributed by atoms with Gasteiger partial charge in [-0.3, -0.25) is 9.36 Å². The molecule has 0 spiro atoms. The van der Waals surface area contributed by atoms with Crippen LogP contribution in [0.3, 0.4) is 0 Å². The van der Waals surface area contributed by atoms with E-state index in [0.717, 1.165) is 16.7 Å². The first-order valence-electron chi connectivity index (χ1n) is 7.23. The summed E-state index contributed by atoms with van der Waals surface area (Å²) < 4.78 is 7.45. The Morgan fingerprint density at radius 1 is 1.36 bits per heavy atom. The Morgan fingerprint density at radius 3 is 2.64 bits per heavy atom. The average molecular weight is 322 g/mol. The molecule has 0 N–H and O–H groups in total. The van der Waals surface area contributed by atoms with Crippen LogP contribution in [0.1, 0.15) is 38.3 Å². The van der Waals surface area contributed by atoms with Crippen LogP contribution >= 0.6 is 11.8 Å². The van der Waals surface area contributed by atoms with Crippen molar-refractivity contribution in [2.45, 2.75) is 43.6 Å². The second kappa shape index (κ2) is 7.00. The molecule has 2 aromatic heterocycles. The minimum Gasteiger partial charge on any atom is -0.467 e. The molecule has 0 aliphatic heterocycles. The second-order valence-corrected chi connectivity index (χ2v) is 6.96. The summed E-state index contributed by atoms with van der Waals surface area (Å²) in [7, 11) is 3.51. The van der Waals surface area contributed by atoms with Crippen molar-refractivity contribution in [1.82, 2.24) is 19.7 Å². The van der Waals surface area contributed by atoms with Crippen LogP contribution in [0.25, 0.3) is 0 Å². The minimum atomic E-state index is -0.213. The van der Waals surface area contributed by atoms with Crippen molar-refractivity contribution in [3.63, 3.8) is 0 Å². The van der Waals surface area contributed by atoms with Crippen LogP contribution in [-0.4, -0.2) is 44.9 Å². The number of carbonyl (C=O) groups is 1. The van der Waals surface area contributed by atoms with Gasteiger partial charge in [-0.2, -0.15) is 0 Å². The molecule has 2 heterocycles. The molecular formula is C15H22N4O2S. The van der Waals surface area contributed by atoms with E-state index < -0.39 is 0 Å². The molecule has 7 heteroatoms. The van der Waals surface area contributed by atoms with Crippen molar-refractivity contribution < 1.29 is 9.21 Å². The molecule has 1 atom stereocenters. The summed E-state index contributed by atoms with van der Waals surface area (Å²) in [5.74, 6) is 2.04. The third-order valence-electron chi connectivity index (χ3n) is 3.23. The first-order valence-corrected chi connectivity index (χ1v) is 8.11. The Labute approximate surface area is 134 Å². The molecule has 0 bridgehead atoms. The molecule has 0 unspecified atom stereocenters. The number of hydrogen-bond acceptors (Lipinski definition) is 5. The first kappa shape index (κ1) is 16.6. The van der Waals surface area contributed by atoms with Crippen LogP contribution in [0.2, 0.25) is 0 Å². The van der Waals surface area contributed by atoms with E-state index in [0.29, 0.717) is 6.54 Å². The molecule has 0 saturated carbocycles. The van der Waals surface area contributed by atoms with Gasteiger partial charge < -0.3 is 9.32 Å². The number of hydrogen-bond donors (Lipinski definition) is 0. The zero-order chi connectivity index (χ0) is 16.3. The van der Waals surface area contributed by atoms with Crippen molar-refractivity contribution in [2.75, 3.05) is 14.1 Å². The number of nitrogens with zero attached hydrogens (tertiary/aromatic N) is 4. The lowest BCUT2D eigenvalue weighted by Gasteiger charge is -2.17. The number of thioether (sulfide) groups is 1. The van der Waals surface area contributed by atoms with Crippen molar-refractivity contribution in [3.05, 3.63) is 30.0 Å². The monoisotopic (exact) mass is 322 g/mol. The van der Waals surface area contributed by atoms with Gasteiger partial charge in [0, 0.05) is 20.0 Å². The fraction of sp³-hybridized carbons (Fsp3) is 0.533. The maximum absolute atomic E-state index is 12.0. The van der Waals surface area contributed by atoms with Crippen molar-refractivity contribution in [2.24, 2.45) is 0 Å². The Kier molecular flexibility index (Phi) is 5.28. The summed E-state index contributed by atoms with van der Waals surface area (Å²) >= 11 is 1.42. The second-order valence-electron chi connectivity index (χ2n) is 5.65. The van der Waals surface area contributed by atoms with E-state index in [1.54, 1.807) is 25.3 Å². The summed E-state index contributed by atoms with van der Waals surface area (Å²) in [6, 6.07) is 3.78. The number of amides is 1. The SMILES string of the molecule is CC(C)c1nnc(S[C@H](C)C(=O)N(C)C)n1Cc1ccco1. The normalized spacial score (nSPS) is 12.6. The summed E-state index contributed by atoms with van der Waals surface area (Å²) in [6.07, 6.45) is 1.65. The van der Waals surface area contributed by atoms with E-state index in [1.165, 1.54) is 11.8 Å². The molecule has 2 aromatic rings. The number of rotatable bonds is 6. The van der Waals surface area contributed by atoms with Crippen LogP contribution < -0.4 is 0 Å². The summed E-state index contributed by atoms with van der Waals surface area (Å²) in [6.45, 7) is 6.60. The standard InChI is InChI=1S/C15H22N4O2S/c1-10(2)13-16-17-15(22-11(3)14(20)18(4)5)19(13)9-12-7-6-8-21-12/h6-8,10-11H,9H2,1-5H3/t11-/m1/s1. The predicted octanol–water partition coefficient (Wildman–Crippen LogP) is 2.61. The smallest absolute Gasteiger partial charge is 0.235 e. The number of furan rings is 1. The third kappa shape index (κ3) is 3.71. The lowest BCUT2D eigenvalue weighted by atomic mass is 10.2. The summed E-state index contributed by atoms with van der Waals surface area (Å²) in [5, 5.41) is 9.07. The van der Waals surface area contributed by atoms with Crippen molar-refractivity contribution >= 4 is 17.7 Å². The molecule has 2 rings (SSSR count). The highest BCUT2D eigenvalue weighted by Gasteiger charge is 2.22. The van der Waals surface area contributed by atoms with Gasteiger partial charge in [0.2, 0.25) is 5.91 Å². The lowest BCUT2D eigenvalue weighted by molar-refractivity contribution is -0.127. The quantitative estimate of drug-likeness (QED) is 0.765. The molecule has 6 nitrogen and oxygen atoms in total. The lowest BCUT2D eigenvalue weighted by Crippen LogP contribution is -2.29. The highest BCUT2D eigenvalue weighted by molar-refractivity contribution is 8.00. The van der Waals surface area contributed by atoms with Gasteiger partial charge in [-0.25, -0.2) is 0 Å². The van der Waals surface area contributed by atoms with Gasteiger partial charge in [0.25, 0.3) is 0 Å². The molecule has 0 fully saturated rings. The highest BCUT2D eigenvalue weighted by Crippen LogP contribution is 2.26. The Morgan fingerprint density at radius 2 is 2.09 bits per heavy atom. The molecule has 0 aromatic carbocycles. The maximum atomic E-state index is 12.0. The molecular weight excluding hydrogens is 300 g/mol. The highest BCUT2D eigenvalue weighted by atomic mass is 32.2. The van der Waals surface area contributed by atoms with Gasteiger partial charge in [0.15, 0.2) is 5.16 Å². The van der Waals surface area contributed by atoms with E-state index in [2.05, 4.69) is 24.0 Å². The van der Waals surface area contributed by atoms with Gasteiger partial charge in [-0.1, -0.05) is 25.6 Å². The maximum Gasteiger partial charge on any atom is 0.235 e. The van der Waals surface area contributed by atoms with Gasteiger partial charge in [0.05, 0.1) is 18.1 Å². The molecule has 120 valence electrons. The molecule has 22 heavy (non-hydrogen) atoms. The third-order valence-corrected chi connectivity index (χ3v) is 4.29. The van der Waals surface area contributed by atoms with Crippen LogP contribution in [0.5, 0.6) is 0 Å². The van der Waals surface area contributed by atoms with Gasteiger partial charge in [-0.05, 0) is 19.1 Å². The number of carbonyl (C=O) groups excluding carboxylic acids is 1. The molecule has 0 aliphatic rings. The van der Waals surface area contributed by atoms with Crippen LogP contribution in [0, 0.1) is 0 Å². The fourth-order valence-corrected chi connectivity index (χ4v) is 3.09. The van der Waals surface area contributed by atoms with Gasteiger partial charge in [0.1, 0.15) is 11.6 Å². The van der Waals surface area contributed by atoms with Crippen molar-refractivity contribution in [3.8, 4) is 0 Å². The van der Waals surface area contributed by atoms with Gasteiger partial charge >= 0.3 is 0 Å². The van der Waals surface area contributed by atoms with E-state index in [-0.39, 0.29) is 17.1 Å². The summed E-state index contributed by atoms with van der Waals surface area (Å²) in [5.41, 5.74) is 0. The largest absolute Gasteiger partial charge is 0.467 e. The van der Waals surface area contributed by atoms with Crippen LogP contribution in [-0.2, 0) is 11.3 Å². The van der Waals surface area contributed by atoms with E-state index in [9.17, 15) is 4.79 Å². The predicted molar refractivity (Wildman–Crippen MR) is 85.9 cm³/mol. The molecule has 0 saturated heterocycles. The van der Waals surface area contributed by atoms with Crippen LogP contribution in [0.4, 0.5) is 0 Å². The minimum absolute atomic E-state index is 0.0589. The zero-order valence-corrected chi connectivity index (χ0v) is 14.4. The van der Waals surface area contributed by atoms with Crippen LogP contribution in [0.15, 0.2) is 28.0 Å². The molecule has 0 aliphatic carbocycles. The van der Waals surface area contributed by atoms with Crippen molar-refractivity contribution in [1.29, 1.82) is 0 Å². The summed E-state index contributed by atoms with van der Waals surface area (Å²) in [4.78, 5) is 13.6. The van der Waals surface area contributed by atoms with E-state index >= 15 is 0 Å².